The van der Waals surface area contributed by atoms with E-state index in [9.17, 15) is 19.6 Å². The maximum atomic E-state index is 12.4. The largest absolute Gasteiger partial charge is 0.444 e. The van der Waals surface area contributed by atoms with Gasteiger partial charge in [0.05, 0.1) is 6.34 Å². The predicted octanol–water partition coefficient (Wildman–Crippen LogP) is 0.431. The molecule has 0 bridgehead atoms. The fourth-order valence-corrected chi connectivity index (χ4v) is 3.64. The Morgan fingerprint density at radius 3 is 2.54 bits per heavy atom. The topological polar surface area (TPSA) is 128 Å². The third kappa shape index (κ3) is 3.24. The number of aliphatic imine (C=N–C) groups is 1. The minimum atomic E-state index is -1.69. The number of rotatable bonds is 2. The number of carbonyl (C=O) groups is 3. The van der Waals surface area contributed by atoms with Gasteiger partial charge in [0.2, 0.25) is 0 Å². The minimum Gasteiger partial charge on any atom is -0.444 e. The molecular weight excluding hydrogens is 368 g/mol. The minimum absolute atomic E-state index is 0.126. The van der Waals surface area contributed by atoms with Crippen LogP contribution >= 0.6 is 0 Å². The van der Waals surface area contributed by atoms with Crippen molar-refractivity contribution in [2.24, 2.45) is 4.99 Å². The summed E-state index contributed by atoms with van der Waals surface area (Å²) in [5, 5.41) is 11.5. The Kier molecular flexibility index (Phi) is 4.93. The van der Waals surface area contributed by atoms with Crippen LogP contribution in [0.1, 0.15) is 33.6 Å². The van der Waals surface area contributed by atoms with Crippen molar-refractivity contribution >= 4 is 24.4 Å². The van der Waals surface area contributed by atoms with Gasteiger partial charge >= 0.3 is 12.1 Å². The fourth-order valence-electron chi connectivity index (χ4n) is 3.64. The Morgan fingerprint density at radius 1 is 1.36 bits per heavy atom. The number of ether oxygens (including phenoxy) is 2. The van der Waals surface area contributed by atoms with E-state index in [1.807, 2.05) is 27.0 Å². The van der Waals surface area contributed by atoms with Gasteiger partial charge < -0.3 is 19.3 Å². The molecule has 0 aliphatic carbocycles. The summed E-state index contributed by atoms with van der Waals surface area (Å²) in [6.07, 6.45) is 3.02. The molecule has 2 saturated heterocycles. The molecule has 2 fully saturated rings. The molecule has 0 radical (unpaired) electrons. The van der Waals surface area contributed by atoms with E-state index in [2.05, 4.69) is 10.3 Å². The lowest BCUT2D eigenvalue weighted by atomic mass is 10.00. The number of hydrogen-bond donors (Lipinski definition) is 1. The smallest absolute Gasteiger partial charge is 0.410 e. The second-order valence-corrected chi connectivity index (χ2v) is 7.89. The second-order valence-electron chi connectivity index (χ2n) is 7.89. The van der Waals surface area contributed by atoms with Gasteiger partial charge in [0.25, 0.3) is 11.6 Å². The highest BCUT2D eigenvalue weighted by molar-refractivity contribution is 6.04. The number of hydrogen-bond acceptors (Lipinski definition) is 8. The second kappa shape index (κ2) is 6.94. The quantitative estimate of drug-likeness (QED) is 0.675. The number of nitrogens with zero attached hydrogens (tertiary/aromatic N) is 5. The number of piperidine rings is 1. The third-order valence-corrected chi connectivity index (χ3v) is 4.98. The molecule has 0 spiro atoms. The molecule has 11 nitrogen and oxygen atoms in total. The van der Waals surface area contributed by atoms with Crippen molar-refractivity contribution in [2.45, 2.75) is 57.1 Å². The molecule has 3 aliphatic rings. The van der Waals surface area contributed by atoms with Gasteiger partial charge in [-0.25, -0.2) is 19.5 Å². The first-order valence-corrected chi connectivity index (χ1v) is 9.03. The molecule has 2 unspecified atom stereocenters. The molecule has 28 heavy (non-hydrogen) atoms. The highest BCUT2D eigenvalue weighted by Gasteiger charge is 2.61. The van der Waals surface area contributed by atoms with Gasteiger partial charge in [-0.2, -0.15) is 5.26 Å². The van der Waals surface area contributed by atoms with E-state index in [0.29, 0.717) is 25.9 Å². The number of nitrogens with one attached hydrogen (secondary N) is 1. The van der Waals surface area contributed by atoms with E-state index in [0.717, 1.165) is 4.90 Å². The highest BCUT2D eigenvalue weighted by Crippen LogP contribution is 2.35. The van der Waals surface area contributed by atoms with Gasteiger partial charge in [0.15, 0.2) is 12.4 Å². The molecule has 1 N–H and O–H groups in total. The van der Waals surface area contributed by atoms with Crippen LogP contribution in [0.15, 0.2) is 4.99 Å². The molecule has 3 aliphatic heterocycles. The Labute approximate surface area is 162 Å². The number of imide groups is 1. The van der Waals surface area contributed by atoms with Crippen LogP contribution in [0.3, 0.4) is 0 Å². The lowest BCUT2D eigenvalue weighted by Gasteiger charge is -2.45. The van der Waals surface area contributed by atoms with Gasteiger partial charge in [-0.3, -0.25) is 10.1 Å². The summed E-state index contributed by atoms with van der Waals surface area (Å²) in [6, 6.07) is -0.939. The molecule has 0 aromatic rings. The van der Waals surface area contributed by atoms with E-state index >= 15 is 0 Å². The highest BCUT2D eigenvalue weighted by atomic mass is 16.6. The number of amides is 4. The average Bonchev–Trinajstić information content (AvgIpc) is 3.02. The van der Waals surface area contributed by atoms with Gasteiger partial charge in [0, 0.05) is 26.2 Å². The monoisotopic (exact) mass is 392 g/mol. The van der Waals surface area contributed by atoms with E-state index in [1.54, 1.807) is 9.80 Å². The molecule has 11 heteroatoms. The zero-order valence-corrected chi connectivity index (χ0v) is 16.3. The number of nitriles is 1. The lowest BCUT2D eigenvalue weighted by molar-refractivity contribution is -0.157. The van der Waals surface area contributed by atoms with E-state index in [-0.39, 0.29) is 12.1 Å². The Bertz CT molecular complexity index is 748. The maximum absolute atomic E-state index is 12.4. The molecule has 4 amide bonds. The molecule has 0 saturated carbocycles. The van der Waals surface area contributed by atoms with Crippen molar-refractivity contribution in [1.29, 1.82) is 5.26 Å². The number of urea groups is 1. The standard InChI is InChI=1S/C17H24N6O5/c1-16(2,3)28-15(26)21-7-5-11(6-8-21)23-10-19-17(27-4)12(24)20-14(25)22(9-18)13(17)23/h10-11,13H,5-8H2,1-4H3,(H,20,24,25). The van der Waals surface area contributed by atoms with Crippen LogP contribution < -0.4 is 5.32 Å². The van der Waals surface area contributed by atoms with Gasteiger partial charge in [-0.15, -0.1) is 0 Å². The molecule has 152 valence electrons. The number of fused-ring (bicyclic) bond motifs is 1. The predicted molar refractivity (Wildman–Crippen MR) is 95.7 cm³/mol. The van der Waals surface area contributed by atoms with Gasteiger partial charge in [-0.1, -0.05) is 0 Å². The summed E-state index contributed by atoms with van der Waals surface area (Å²) in [5.74, 6) is -0.707. The van der Waals surface area contributed by atoms with Crippen molar-refractivity contribution in [3.8, 4) is 6.19 Å². The Balaban J connectivity index is 1.74. The van der Waals surface area contributed by atoms with E-state index in [1.165, 1.54) is 13.4 Å². The molecule has 0 aromatic carbocycles. The molecular formula is C17H24N6O5. The average molecular weight is 392 g/mol. The zero-order chi connectivity index (χ0) is 20.7. The van der Waals surface area contributed by atoms with Crippen LogP contribution in [0.4, 0.5) is 9.59 Å². The van der Waals surface area contributed by atoms with Crippen LogP contribution in [0.25, 0.3) is 0 Å². The van der Waals surface area contributed by atoms with Crippen molar-refractivity contribution in [3.63, 3.8) is 0 Å². The molecule has 0 aromatic heterocycles. The Morgan fingerprint density at radius 2 is 2.00 bits per heavy atom. The molecule has 2 atom stereocenters. The first-order valence-electron chi connectivity index (χ1n) is 9.03. The van der Waals surface area contributed by atoms with Crippen LogP contribution in [0.2, 0.25) is 0 Å². The number of likely N-dealkylation sites (tertiary alicyclic amines) is 1. The fraction of sp³-hybridized carbons (Fsp3) is 0.706. The maximum Gasteiger partial charge on any atom is 0.410 e. The summed E-state index contributed by atoms with van der Waals surface area (Å²) < 4.78 is 10.7. The van der Waals surface area contributed by atoms with Crippen LogP contribution in [-0.4, -0.2) is 82.8 Å². The summed E-state index contributed by atoms with van der Waals surface area (Å²) >= 11 is 0. The number of methoxy groups -OCH3 is 1. The SMILES string of the molecule is COC12N=CN(C3CCN(C(=O)OC(C)(C)C)CC3)C1N(C#N)C(=O)NC2=O. The van der Waals surface area contributed by atoms with Crippen molar-refractivity contribution < 1.29 is 23.9 Å². The summed E-state index contributed by atoms with van der Waals surface area (Å²) in [5.41, 5.74) is -2.26. The Hall–Kier alpha value is -2.87. The first kappa shape index (κ1) is 19.9. The van der Waals surface area contributed by atoms with Crippen molar-refractivity contribution in [3.05, 3.63) is 0 Å². The summed E-state index contributed by atoms with van der Waals surface area (Å²) in [7, 11) is 1.31. The van der Waals surface area contributed by atoms with E-state index in [4.69, 9.17) is 9.47 Å². The normalized spacial score (nSPS) is 28.1. The van der Waals surface area contributed by atoms with Gasteiger partial charge in [-0.05, 0) is 33.6 Å². The first-order chi connectivity index (χ1) is 13.1. The molecule has 3 rings (SSSR count). The van der Waals surface area contributed by atoms with Crippen LogP contribution in [0.5, 0.6) is 0 Å². The molecule has 3 heterocycles. The number of carbonyl (C=O) groups excluding carboxylic acids is 3. The zero-order valence-electron chi connectivity index (χ0n) is 16.3. The lowest BCUT2D eigenvalue weighted by Crippen LogP contribution is -2.71. The van der Waals surface area contributed by atoms with Crippen molar-refractivity contribution in [2.75, 3.05) is 20.2 Å². The van der Waals surface area contributed by atoms with Gasteiger partial charge in [0.1, 0.15) is 5.60 Å². The summed E-state index contributed by atoms with van der Waals surface area (Å²) in [6.45, 7) is 6.32. The van der Waals surface area contributed by atoms with Crippen molar-refractivity contribution in [1.82, 2.24) is 20.0 Å². The van der Waals surface area contributed by atoms with Crippen LogP contribution in [-0.2, 0) is 14.3 Å². The third-order valence-electron chi connectivity index (χ3n) is 4.98. The summed E-state index contributed by atoms with van der Waals surface area (Å²) in [4.78, 5) is 45.1. The van der Waals surface area contributed by atoms with E-state index < -0.39 is 29.4 Å². The van der Waals surface area contributed by atoms with Crippen LogP contribution in [0, 0.1) is 11.5 Å².